The summed E-state index contributed by atoms with van der Waals surface area (Å²) in [5, 5.41) is 7.27. The number of hydrogen-bond acceptors (Lipinski definition) is 9. The van der Waals surface area contributed by atoms with Crippen LogP contribution < -0.4 is 10.2 Å². The minimum atomic E-state index is -3.32. The van der Waals surface area contributed by atoms with Crippen LogP contribution in [0, 0.1) is 5.92 Å². The van der Waals surface area contributed by atoms with Gasteiger partial charge in [0.05, 0.1) is 17.6 Å². The summed E-state index contributed by atoms with van der Waals surface area (Å²) in [5.41, 5.74) is 1.50. The molecule has 1 atom stereocenters. The van der Waals surface area contributed by atoms with Crippen LogP contribution >= 0.6 is 0 Å². The minimum Gasteiger partial charge on any atom is -0.368 e. The van der Waals surface area contributed by atoms with Gasteiger partial charge in [0.25, 0.3) is 0 Å². The van der Waals surface area contributed by atoms with Crippen molar-refractivity contribution in [3.63, 3.8) is 0 Å². The van der Waals surface area contributed by atoms with Gasteiger partial charge in [-0.3, -0.25) is 0 Å². The summed E-state index contributed by atoms with van der Waals surface area (Å²) < 4.78 is 30.4. The summed E-state index contributed by atoms with van der Waals surface area (Å²) in [7, 11) is -0.163. The molecule has 3 aromatic heterocycles. The van der Waals surface area contributed by atoms with Crippen molar-refractivity contribution in [3.05, 3.63) is 19.0 Å². The van der Waals surface area contributed by atoms with Crippen LogP contribution in [0.2, 0.25) is 0 Å². The summed E-state index contributed by atoms with van der Waals surface area (Å²) >= 11 is 0. The second kappa shape index (κ2) is 8.52. The van der Waals surface area contributed by atoms with Crippen molar-refractivity contribution in [3.8, 4) is 0 Å². The third kappa shape index (κ3) is 4.03. The molecule has 1 aliphatic carbocycles. The highest BCUT2D eigenvalue weighted by Crippen LogP contribution is 2.37. The SMILES string of the molecule is CCn1cnc2c(NCC3CC(n4cncn4)C3)nc(N3CCC(S(=O)(=O)N(C)C)C3)nc21. The van der Waals surface area contributed by atoms with E-state index in [0.717, 1.165) is 37.1 Å². The summed E-state index contributed by atoms with van der Waals surface area (Å²) in [6.45, 7) is 4.56. The van der Waals surface area contributed by atoms with Crippen molar-refractivity contribution < 1.29 is 8.42 Å². The Morgan fingerprint density at radius 1 is 1.21 bits per heavy atom. The maximum Gasteiger partial charge on any atom is 0.229 e. The second-order valence-electron chi connectivity index (χ2n) is 9.01. The summed E-state index contributed by atoms with van der Waals surface area (Å²) in [5.74, 6) is 1.76. The lowest BCUT2D eigenvalue weighted by Gasteiger charge is -2.35. The Labute approximate surface area is 193 Å². The standard InChI is InChI=1S/C20H30N10O2S/c1-4-28-13-23-17-18(22-9-14-7-15(8-14)30-12-21-11-24-30)25-20(26-19(17)28)29-6-5-16(10-29)33(31,32)27(2)3/h11-16H,4-10H2,1-3H3,(H,22,25,26). The highest BCUT2D eigenvalue weighted by Gasteiger charge is 2.36. The first-order valence-electron chi connectivity index (χ1n) is 11.3. The molecule has 1 unspecified atom stereocenters. The predicted octanol–water partition coefficient (Wildman–Crippen LogP) is 0.971. The van der Waals surface area contributed by atoms with E-state index in [2.05, 4.69) is 20.4 Å². The molecule has 0 amide bonds. The fourth-order valence-electron chi connectivity index (χ4n) is 4.61. The Morgan fingerprint density at radius 3 is 2.73 bits per heavy atom. The molecule has 5 rings (SSSR count). The number of nitrogens with one attached hydrogen (secondary N) is 1. The molecule has 2 aliphatic rings. The van der Waals surface area contributed by atoms with Crippen LogP contribution in [0.5, 0.6) is 0 Å². The van der Waals surface area contributed by atoms with Crippen LogP contribution in [0.25, 0.3) is 11.2 Å². The van der Waals surface area contributed by atoms with Crippen LogP contribution in [0.1, 0.15) is 32.2 Å². The third-order valence-electron chi connectivity index (χ3n) is 6.73. The number of sulfonamides is 1. The molecule has 0 radical (unpaired) electrons. The molecule has 0 spiro atoms. The number of rotatable bonds is 8. The maximum atomic E-state index is 12.6. The Bertz CT molecular complexity index is 1220. The van der Waals surface area contributed by atoms with E-state index in [-0.39, 0.29) is 0 Å². The molecule has 0 bridgehead atoms. The van der Waals surface area contributed by atoms with Crippen LogP contribution in [-0.4, -0.2) is 86.0 Å². The van der Waals surface area contributed by atoms with Crippen molar-refractivity contribution in [2.45, 2.75) is 44.0 Å². The van der Waals surface area contributed by atoms with Gasteiger partial charge in [-0.2, -0.15) is 15.1 Å². The highest BCUT2D eigenvalue weighted by molar-refractivity contribution is 7.89. The topological polar surface area (TPSA) is 127 Å². The van der Waals surface area contributed by atoms with E-state index in [0.29, 0.717) is 43.2 Å². The Morgan fingerprint density at radius 2 is 2.03 bits per heavy atom. The summed E-state index contributed by atoms with van der Waals surface area (Å²) in [4.78, 5) is 20.1. The van der Waals surface area contributed by atoms with Gasteiger partial charge in [0, 0.05) is 40.3 Å². The van der Waals surface area contributed by atoms with Crippen molar-refractivity contribution >= 4 is 33.0 Å². The average molecular weight is 475 g/mol. The summed E-state index contributed by atoms with van der Waals surface area (Å²) in [6.07, 6.45) is 7.76. The molecule has 33 heavy (non-hydrogen) atoms. The number of aromatic nitrogens is 7. The zero-order valence-electron chi connectivity index (χ0n) is 19.2. The van der Waals surface area contributed by atoms with Gasteiger partial charge in [0.1, 0.15) is 12.7 Å². The smallest absolute Gasteiger partial charge is 0.229 e. The van der Waals surface area contributed by atoms with Gasteiger partial charge in [0.15, 0.2) is 17.0 Å². The van der Waals surface area contributed by atoms with Crippen LogP contribution in [0.15, 0.2) is 19.0 Å². The van der Waals surface area contributed by atoms with Crippen molar-refractivity contribution in [1.29, 1.82) is 0 Å². The molecule has 1 saturated heterocycles. The van der Waals surface area contributed by atoms with Crippen LogP contribution in [0.4, 0.5) is 11.8 Å². The number of hydrogen-bond donors (Lipinski definition) is 1. The minimum absolute atomic E-state index is 0.383. The van der Waals surface area contributed by atoms with Crippen molar-refractivity contribution in [2.75, 3.05) is 43.9 Å². The molecule has 2 fully saturated rings. The lowest BCUT2D eigenvalue weighted by atomic mass is 9.80. The highest BCUT2D eigenvalue weighted by atomic mass is 32.2. The van der Waals surface area contributed by atoms with Gasteiger partial charge < -0.3 is 14.8 Å². The van der Waals surface area contributed by atoms with E-state index in [1.54, 1.807) is 33.1 Å². The van der Waals surface area contributed by atoms with E-state index in [1.807, 2.05) is 21.1 Å². The molecule has 3 aromatic rings. The number of aryl methyl sites for hydroxylation is 1. The van der Waals surface area contributed by atoms with Gasteiger partial charge in [-0.1, -0.05) is 0 Å². The maximum absolute atomic E-state index is 12.6. The number of fused-ring (bicyclic) bond motifs is 1. The lowest BCUT2D eigenvalue weighted by molar-refractivity contribution is 0.193. The van der Waals surface area contributed by atoms with Crippen molar-refractivity contribution in [1.82, 2.24) is 38.6 Å². The molecular formula is C20H30N10O2S. The molecule has 1 saturated carbocycles. The van der Waals surface area contributed by atoms with Gasteiger partial charge >= 0.3 is 0 Å². The quantitative estimate of drug-likeness (QED) is 0.508. The summed E-state index contributed by atoms with van der Waals surface area (Å²) in [6, 6.07) is 0.403. The average Bonchev–Trinajstić information content (AvgIpc) is 3.52. The van der Waals surface area contributed by atoms with Gasteiger partial charge in [0.2, 0.25) is 16.0 Å². The molecule has 13 heteroatoms. The largest absolute Gasteiger partial charge is 0.368 e. The normalized spacial score (nSPS) is 23.4. The first kappa shape index (κ1) is 22.0. The Kier molecular flexibility index (Phi) is 5.69. The fourth-order valence-corrected chi connectivity index (χ4v) is 5.98. The first-order valence-corrected chi connectivity index (χ1v) is 12.8. The molecular weight excluding hydrogens is 444 g/mol. The Hall–Kier alpha value is -2.80. The molecule has 178 valence electrons. The second-order valence-corrected chi connectivity index (χ2v) is 11.4. The van der Waals surface area contributed by atoms with E-state index in [4.69, 9.17) is 9.97 Å². The zero-order valence-corrected chi connectivity index (χ0v) is 20.0. The zero-order chi connectivity index (χ0) is 23.2. The lowest BCUT2D eigenvalue weighted by Crippen LogP contribution is -2.36. The van der Waals surface area contributed by atoms with Gasteiger partial charge in [-0.25, -0.2) is 27.4 Å². The predicted molar refractivity (Wildman–Crippen MR) is 124 cm³/mol. The Balaban J connectivity index is 1.34. The van der Waals surface area contributed by atoms with Gasteiger partial charge in [-0.15, -0.1) is 0 Å². The van der Waals surface area contributed by atoms with Crippen LogP contribution in [0.3, 0.4) is 0 Å². The fraction of sp³-hybridized carbons (Fsp3) is 0.650. The van der Waals surface area contributed by atoms with E-state index in [1.165, 1.54) is 4.31 Å². The molecule has 1 N–H and O–H groups in total. The first-order chi connectivity index (χ1) is 15.9. The van der Waals surface area contributed by atoms with Crippen molar-refractivity contribution in [2.24, 2.45) is 5.92 Å². The molecule has 0 aromatic carbocycles. The van der Waals surface area contributed by atoms with E-state index < -0.39 is 15.3 Å². The number of imidazole rings is 1. The monoisotopic (exact) mass is 474 g/mol. The number of nitrogens with zero attached hydrogens (tertiary/aromatic N) is 9. The van der Waals surface area contributed by atoms with Crippen LogP contribution in [-0.2, 0) is 16.6 Å². The van der Waals surface area contributed by atoms with E-state index >= 15 is 0 Å². The van der Waals surface area contributed by atoms with E-state index in [9.17, 15) is 8.42 Å². The third-order valence-corrected chi connectivity index (χ3v) is 8.98. The number of anilines is 2. The van der Waals surface area contributed by atoms with Gasteiger partial charge in [-0.05, 0) is 32.1 Å². The molecule has 1 aliphatic heterocycles. The molecule has 4 heterocycles. The molecule has 12 nitrogen and oxygen atoms in total.